The van der Waals surface area contributed by atoms with Crippen LogP contribution >= 0.6 is 0 Å². The topological polar surface area (TPSA) is 12.0 Å². The lowest BCUT2D eigenvalue weighted by molar-refractivity contribution is 0.417. The molecule has 0 radical (unpaired) electrons. The van der Waals surface area contributed by atoms with Gasteiger partial charge in [-0.2, -0.15) is 0 Å². The summed E-state index contributed by atoms with van der Waals surface area (Å²) in [5.41, 5.74) is 0. The van der Waals surface area contributed by atoms with Gasteiger partial charge < -0.3 is 5.32 Å². The molecule has 0 aromatic rings. The van der Waals surface area contributed by atoms with Gasteiger partial charge in [0.15, 0.2) is 0 Å². The molecule has 4 unspecified atom stereocenters. The van der Waals surface area contributed by atoms with Gasteiger partial charge in [-0.3, -0.25) is 0 Å². The lowest BCUT2D eigenvalue weighted by Crippen LogP contribution is -2.31. The summed E-state index contributed by atoms with van der Waals surface area (Å²) < 4.78 is 0. The molecule has 0 aromatic carbocycles. The van der Waals surface area contributed by atoms with Crippen molar-refractivity contribution in [3.05, 3.63) is 0 Å². The van der Waals surface area contributed by atoms with Crippen LogP contribution in [0.3, 0.4) is 0 Å². The summed E-state index contributed by atoms with van der Waals surface area (Å²) in [7, 11) is 0. The van der Waals surface area contributed by atoms with Crippen LogP contribution in [0.15, 0.2) is 0 Å². The van der Waals surface area contributed by atoms with Crippen molar-refractivity contribution in [3.63, 3.8) is 0 Å². The Hall–Kier alpha value is -0.0400. The van der Waals surface area contributed by atoms with E-state index in [2.05, 4.69) is 19.2 Å². The molecule has 0 amide bonds. The van der Waals surface area contributed by atoms with Crippen LogP contribution in [0.25, 0.3) is 0 Å². The lowest BCUT2D eigenvalue weighted by Gasteiger charge is -2.16. The molecule has 2 aliphatic carbocycles. The molecule has 0 spiro atoms. The van der Waals surface area contributed by atoms with E-state index >= 15 is 0 Å². The van der Waals surface area contributed by atoms with Crippen LogP contribution in [-0.4, -0.2) is 12.1 Å². The highest BCUT2D eigenvalue weighted by atomic mass is 15.0. The number of hydrogen-bond acceptors (Lipinski definition) is 1. The molecule has 0 bridgehead atoms. The number of nitrogens with one attached hydrogen (secondary N) is 1. The zero-order valence-corrected chi connectivity index (χ0v) is 11.2. The van der Waals surface area contributed by atoms with Crippen LogP contribution < -0.4 is 5.32 Å². The molecular weight excluding hydrogens is 194 g/mol. The smallest absolute Gasteiger partial charge is 0.0102 e. The molecule has 0 saturated heterocycles. The second kappa shape index (κ2) is 6.05. The maximum absolute atomic E-state index is 3.91. The first-order valence-electron chi connectivity index (χ1n) is 7.59. The van der Waals surface area contributed by atoms with Crippen LogP contribution in [0, 0.1) is 11.8 Å². The standard InChI is InChI=1S/C15H29N/c1-3-6-13-11-15(13)16-14-8-5-7-12(4-2)9-10-14/h12-16H,3-11H2,1-2H3. The third-order valence-corrected chi connectivity index (χ3v) is 4.70. The van der Waals surface area contributed by atoms with Gasteiger partial charge >= 0.3 is 0 Å². The Bertz CT molecular complexity index is 202. The van der Waals surface area contributed by atoms with Gasteiger partial charge in [0, 0.05) is 12.1 Å². The van der Waals surface area contributed by atoms with Gasteiger partial charge in [-0.1, -0.05) is 39.5 Å². The number of rotatable bonds is 5. The second-order valence-corrected chi connectivity index (χ2v) is 6.04. The summed E-state index contributed by atoms with van der Waals surface area (Å²) in [4.78, 5) is 0. The number of hydrogen-bond donors (Lipinski definition) is 1. The van der Waals surface area contributed by atoms with Gasteiger partial charge in [-0.05, 0) is 43.9 Å². The molecule has 94 valence electrons. The highest BCUT2D eigenvalue weighted by molar-refractivity contribution is 4.94. The largest absolute Gasteiger partial charge is 0.311 e. The Morgan fingerprint density at radius 1 is 1.06 bits per heavy atom. The van der Waals surface area contributed by atoms with E-state index in [9.17, 15) is 0 Å². The van der Waals surface area contributed by atoms with Crippen molar-refractivity contribution >= 4 is 0 Å². The van der Waals surface area contributed by atoms with Crippen LogP contribution in [-0.2, 0) is 0 Å². The Morgan fingerprint density at radius 2 is 1.94 bits per heavy atom. The van der Waals surface area contributed by atoms with Crippen molar-refractivity contribution < 1.29 is 0 Å². The SMILES string of the molecule is CCCC1CC1NC1CCCC(CC)CC1. The highest BCUT2D eigenvalue weighted by Gasteiger charge is 2.37. The fraction of sp³-hybridized carbons (Fsp3) is 1.00. The monoisotopic (exact) mass is 223 g/mol. The fourth-order valence-electron chi connectivity index (χ4n) is 3.40. The molecule has 0 heterocycles. The zero-order chi connectivity index (χ0) is 11.4. The fourth-order valence-corrected chi connectivity index (χ4v) is 3.40. The molecule has 0 aliphatic heterocycles. The first-order chi connectivity index (χ1) is 7.83. The molecule has 2 saturated carbocycles. The van der Waals surface area contributed by atoms with Crippen molar-refractivity contribution in [2.45, 2.75) is 83.7 Å². The predicted molar refractivity (Wildman–Crippen MR) is 70.6 cm³/mol. The average molecular weight is 223 g/mol. The Balaban J connectivity index is 1.67. The first-order valence-corrected chi connectivity index (χ1v) is 7.59. The van der Waals surface area contributed by atoms with Gasteiger partial charge in [0.1, 0.15) is 0 Å². The maximum atomic E-state index is 3.91. The van der Waals surface area contributed by atoms with E-state index in [-0.39, 0.29) is 0 Å². The van der Waals surface area contributed by atoms with E-state index in [1.165, 1.54) is 57.8 Å². The van der Waals surface area contributed by atoms with Crippen LogP contribution in [0.4, 0.5) is 0 Å². The minimum Gasteiger partial charge on any atom is -0.311 e. The van der Waals surface area contributed by atoms with Crippen LogP contribution in [0.5, 0.6) is 0 Å². The van der Waals surface area contributed by atoms with Gasteiger partial charge in [0.05, 0.1) is 0 Å². The molecule has 16 heavy (non-hydrogen) atoms. The van der Waals surface area contributed by atoms with Crippen molar-refractivity contribution in [3.8, 4) is 0 Å². The van der Waals surface area contributed by atoms with Gasteiger partial charge in [0.2, 0.25) is 0 Å². The Morgan fingerprint density at radius 3 is 2.69 bits per heavy atom. The van der Waals surface area contributed by atoms with Crippen molar-refractivity contribution in [1.82, 2.24) is 5.32 Å². The summed E-state index contributed by atoms with van der Waals surface area (Å²) in [6.07, 6.45) is 13.0. The van der Waals surface area contributed by atoms with Gasteiger partial charge in [0.25, 0.3) is 0 Å². The molecule has 1 heteroatoms. The van der Waals surface area contributed by atoms with E-state index in [0.717, 1.165) is 23.9 Å². The van der Waals surface area contributed by atoms with E-state index in [1.54, 1.807) is 0 Å². The third kappa shape index (κ3) is 3.48. The molecule has 4 atom stereocenters. The van der Waals surface area contributed by atoms with E-state index in [1.807, 2.05) is 0 Å². The van der Waals surface area contributed by atoms with Crippen LogP contribution in [0.2, 0.25) is 0 Å². The zero-order valence-electron chi connectivity index (χ0n) is 11.2. The molecule has 1 N–H and O–H groups in total. The predicted octanol–water partition coefficient (Wildman–Crippen LogP) is 4.12. The van der Waals surface area contributed by atoms with Crippen molar-refractivity contribution in [2.75, 3.05) is 0 Å². The minimum absolute atomic E-state index is 0.850. The van der Waals surface area contributed by atoms with Crippen molar-refractivity contribution in [1.29, 1.82) is 0 Å². The van der Waals surface area contributed by atoms with Crippen LogP contribution in [0.1, 0.15) is 71.6 Å². The average Bonchev–Trinajstić information content (AvgIpc) is 3.04. The summed E-state index contributed by atoms with van der Waals surface area (Å²) >= 11 is 0. The van der Waals surface area contributed by atoms with E-state index in [4.69, 9.17) is 0 Å². The normalized spacial score (nSPS) is 39.4. The Kier molecular flexibility index (Phi) is 4.69. The molecular formula is C15H29N. The molecule has 0 aromatic heterocycles. The lowest BCUT2D eigenvalue weighted by atomic mass is 9.98. The van der Waals surface area contributed by atoms with Crippen molar-refractivity contribution in [2.24, 2.45) is 11.8 Å². The second-order valence-electron chi connectivity index (χ2n) is 6.04. The molecule has 2 fully saturated rings. The summed E-state index contributed by atoms with van der Waals surface area (Å²) in [6, 6.07) is 1.74. The third-order valence-electron chi connectivity index (χ3n) is 4.70. The van der Waals surface area contributed by atoms with E-state index in [0.29, 0.717) is 0 Å². The summed E-state index contributed by atoms with van der Waals surface area (Å²) in [6.45, 7) is 4.67. The summed E-state index contributed by atoms with van der Waals surface area (Å²) in [5, 5.41) is 3.91. The summed E-state index contributed by atoms with van der Waals surface area (Å²) in [5.74, 6) is 2.05. The van der Waals surface area contributed by atoms with E-state index < -0.39 is 0 Å². The van der Waals surface area contributed by atoms with Gasteiger partial charge in [-0.25, -0.2) is 0 Å². The molecule has 2 rings (SSSR count). The molecule has 1 nitrogen and oxygen atoms in total. The molecule has 2 aliphatic rings. The highest BCUT2D eigenvalue weighted by Crippen LogP contribution is 2.36. The quantitative estimate of drug-likeness (QED) is 0.691. The minimum atomic E-state index is 0.850. The Labute approximate surface area is 101 Å². The first kappa shape index (κ1) is 12.4. The van der Waals surface area contributed by atoms with Gasteiger partial charge in [-0.15, -0.1) is 0 Å². The maximum Gasteiger partial charge on any atom is 0.0102 e.